The summed E-state index contributed by atoms with van der Waals surface area (Å²) >= 11 is 0. The highest BCUT2D eigenvalue weighted by atomic mass is 31.2. The zero-order valence-corrected chi connectivity index (χ0v) is 12.8. The topological polar surface area (TPSA) is 44.8 Å². The van der Waals surface area contributed by atoms with E-state index in [0.717, 1.165) is 38.7 Å². The molecule has 1 fully saturated rings. The molecule has 0 saturated heterocycles. The molecular formula is C13H27O4P. The largest absolute Gasteiger partial charge is 0.378 e. The Kier molecular flexibility index (Phi) is 7.47. The van der Waals surface area contributed by atoms with Crippen LogP contribution in [0.4, 0.5) is 0 Å². The quantitative estimate of drug-likeness (QED) is 0.500. The zero-order chi connectivity index (χ0) is 13.4. The van der Waals surface area contributed by atoms with Crippen LogP contribution in [0.1, 0.15) is 45.4 Å². The predicted molar refractivity (Wildman–Crippen MR) is 73.1 cm³/mol. The summed E-state index contributed by atoms with van der Waals surface area (Å²) in [6.45, 7) is 3.05. The van der Waals surface area contributed by atoms with Gasteiger partial charge >= 0.3 is 7.60 Å². The highest BCUT2D eigenvalue weighted by molar-refractivity contribution is 7.53. The van der Waals surface area contributed by atoms with Crippen molar-refractivity contribution >= 4 is 7.60 Å². The maximum Gasteiger partial charge on any atom is 0.330 e. The lowest BCUT2D eigenvalue weighted by Gasteiger charge is -2.29. The van der Waals surface area contributed by atoms with Gasteiger partial charge in [0.1, 0.15) is 0 Å². The van der Waals surface area contributed by atoms with Crippen LogP contribution < -0.4 is 0 Å². The normalized spacial score (nSPS) is 25.3. The van der Waals surface area contributed by atoms with Gasteiger partial charge in [-0.3, -0.25) is 4.57 Å². The second-order valence-electron chi connectivity index (χ2n) is 5.03. The minimum absolute atomic E-state index is 0.400. The monoisotopic (exact) mass is 278 g/mol. The van der Waals surface area contributed by atoms with Crippen LogP contribution in [0.15, 0.2) is 0 Å². The summed E-state index contributed by atoms with van der Waals surface area (Å²) in [6, 6.07) is 0. The molecule has 1 rings (SSSR count). The Morgan fingerprint density at radius 3 is 2.22 bits per heavy atom. The van der Waals surface area contributed by atoms with E-state index in [-0.39, 0.29) is 0 Å². The molecule has 0 aromatic carbocycles. The number of hydrogen-bond donors (Lipinski definition) is 0. The van der Waals surface area contributed by atoms with E-state index in [1.54, 1.807) is 0 Å². The molecule has 1 aliphatic carbocycles. The van der Waals surface area contributed by atoms with Crippen molar-refractivity contribution in [3.8, 4) is 0 Å². The van der Waals surface area contributed by atoms with E-state index in [0.29, 0.717) is 18.2 Å². The van der Waals surface area contributed by atoms with Gasteiger partial charge in [-0.15, -0.1) is 0 Å². The van der Waals surface area contributed by atoms with E-state index in [2.05, 4.69) is 6.92 Å². The molecule has 0 N–H and O–H groups in total. The first-order valence-electron chi connectivity index (χ1n) is 6.95. The molecule has 0 aliphatic heterocycles. The minimum atomic E-state index is -2.84. The molecule has 0 amide bonds. The van der Waals surface area contributed by atoms with Crippen LogP contribution in [0.2, 0.25) is 0 Å². The molecule has 4 nitrogen and oxygen atoms in total. The van der Waals surface area contributed by atoms with Crippen molar-refractivity contribution in [2.45, 2.75) is 51.6 Å². The van der Waals surface area contributed by atoms with Gasteiger partial charge in [0, 0.05) is 20.8 Å². The van der Waals surface area contributed by atoms with Crippen LogP contribution in [0.5, 0.6) is 0 Å². The van der Waals surface area contributed by atoms with Gasteiger partial charge in [-0.1, -0.05) is 13.3 Å². The maximum atomic E-state index is 12.0. The smallest absolute Gasteiger partial charge is 0.330 e. The molecule has 18 heavy (non-hydrogen) atoms. The Labute approximate surface area is 111 Å². The second kappa shape index (κ2) is 8.31. The fourth-order valence-electron chi connectivity index (χ4n) is 2.42. The van der Waals surface area contributed by atoms with E-state index in [1.807, 2.05) is 0 Å². The number of unbranched alkanes of at least 4 members (excludes halogenated alkanes) is 1. The highest BCUT2D eigenvalue weighted by Gasteiger charge is 2.30. The van der Waals surface area contributed by atoms with Gasteiger partial charge in [-0.2, -0.15) is 0 Å². The summed E-state index contributed by atoms with van der Waals surface area (Å²) < 4.78 is 27.9. The van der Waals surface area contributed by atoms with Crippen molar-refractivity contribution < 1.29 is 18.3 Å². The van der Waals surface area contributed by atoms with Gasteiger partial charge in [0.2, 0.25) is 0 Å². The van der Waals surface area contributed by atoms with Gasteiger partial charge in [0.15, 0.2) is 0 Å². The van der Waals surface area contributed by atoms with Crippen molar-refractivity contribution in [1.82, 2.24) is 0 Å². The molecule has 0 spiro atoms. The first-order chi connectivity index (χ1) is 8.63. The molecule has 0 heterocycles. The first kappa shape index (κ1) is 16.2. The Morgan fingerprint density at radius 1 is 1.11 bits per heavy atom. The van der Waals surface area contributed by atoms with E-state index < -0.39 is 7.60 Å². The third-order valence-corrected chi connectivity index (χ3v) is 5.76. The summed E-state index contributed by atoms with van der Waals surface area (Å²) in [4.78, 5) is 0. The summed E-state index contributed by atoms with van der Waals surface area (Å²) in [7, 11) is 0.0879. The molecule has 0 aromatic rings. The van der Waals surface area contributed by atoms with Crippen LogP contribution in [-0.4, -0.2) is 33.1 Å². The molecule has 0 bridgehead atoms. The van der Waals surface area contributed by atoms with E-state index in [4.69, 9.17) is 13.8 Å². The number of rotatable bonds is 8. The van der Waals surface area contributed by atoms with Gasteiger partial charge in [0.05, 0.1) is 12.3 Å². The van der Waals surface area contributed by atoms with Crippen LogP contribution in [0.25, 0.3) is 0 Å². The fraction of sp³-hybridized carbons (Fsp3) is 1.00. The van der Waals surface area contributed by atoms with Crippen molar-refractivity contribution in [3.63, 3.8) is 0 Å². The third-order valence-electron chi connectivity index (χ3n) is 3.68. The lowest BCUT2D eigenvalue weighted by Crippen LogP contribution is -2.24. The average molecular weight is 278 g/mol. The molecule has 0 unspecified atom stereocenters. The highest BCUT2D eigenvalue weighted by Crippen LogP contribution is 2.50. The SMILES string of the molecule is CCCCOC1CCC(CP(=O)(OC)OC)CC1. The van der Waals surface area contributed by atoms with Gasteiger partial charge in [-0.25, -0.2) is 0 Å². The van der Waals surface area contributed by atoms with Gasteiger partial charge in [0.25, 0.3) is 0 Å². The van der Waals surface area contributed by atoms with E-state index in [9.17, 15) is 4.57 Å². The van der Waals surface area contributed by atoms with Crippen molar-refractivity contribution in [2.75, 3.05) is 27.0 Å². The van der Waals surface area contributed by atoms with Crippen molar-refractivity contribution in [2.24, 2.45) is 5.92 Å². The van der Waals surface area contributed by atoms with Crippen LogP contribution in [0, 0.1) is 5.92 Å². The molecular weight excluding hydrogens is 251 g/mol. The Morgan fingerprint density at radius 2 is 1.72 bits per heavy atom. The Hall–Kier alpha value is 0.110. The molecule has 108 valence electrons. The average Bonchev–Trinajstić information content (AvgIpc) is 2.41. The molecule has 0 radical (unpaired) electrons. The van der Waals surface area contributed by atoms with Crippen LogP contribution >= 0.6 is 7.60 Å². The Balaban J connectivity index is 2.24. The van der Waals surface area contributed by atoms with Crippen LogP contribution in [0.3, 0.4) is 0 Å². The molecule has 0 atom stereocenters. The standard InChI is InChI=1S/C13H27O4P/c1-4-5-10-17-13-8-6-12(7-9-13)11-18(14,15-2)16-3/h12-13H,4-11H2,1-3H3. The molecule has 1 saturated carbocycles. The second-order valence-corrected chi connectivity index (χ2v) is 7.34. The molecule has 5 heteroatoms. The molecule has 1 aliphatic rings. The zero-order valence-electron chi connectivity index (χ0n) is 11.9. The summed E-state index contributed by atoms with van der Waals surface area (Å²) in [5.74, 6) is 0.446. The molecule has 0 aromatic heterocycles. The Bertz CT molecular complexity index is 254. The van der Waals surface area contributed by atoms with E-state index in [1.165, 1.54) is 20.6 Å². The first-order valence-corrected chi connectivity index (χ1v) is 8.68. The lowest BCUT2D eigenvalue weighted by atomic mass is 9.89. The number of ether oxygens (including phenoxy) is 1. The fourth-order valence-corrected chi connectivity index (χ4v) is 3.86. The summed E-state index contributed by atoms with van der Waals surface area (Å²) in [6.07, 6.45) is 7.53. The van der Waals surface area contributed by atoms with E-state index >= 15 is 0 Å². The predicted octanol–water partition coefficient (Wildman–Crippen LogP) is 3.85. The summed E-state index contributed by atoms with van der Waals surface area (Å²) in [5.41, 5.74) is 0. The lowest BCUT2D eigenvalue weighted by molar-refractivity contribution is 0.0182. The van der Waals surface area contributed by atoms with Crippen LogP contribution in [-0.2, 0) is 18.3 Å². The van der Waals surface area contributed by atoms with Gasteiger partial charge in [-0.05, 0) is 38.0 Å². The van der Waals surface area contributed by atoms with Gasteiger partial charge < -0.3 is 13.8 Å². The van der Waals surface area contributed by atoms with Crippen molar-refractivity contribution in [1.29, 1.82) is 0 Å². The summed E-state index contributed by atoms with van der Waals surface area (Å²) in [5, 5.41) is 0. The third kappa shape index (κ3) is 5.40. The maximum absolute atomic E-state index is 12.0. The minimum Gasteiger partial charge on any atom is -0.378 e. The number of hydrogen-bond acceptors (Lipinski definition) is 4. The van der Waals surface area contributed by atoms with Crippen molar-refractivity contribution in [3.05, 3.63) is 0 Å².